The summed E-state index contributed by atoms with van der Waals surface area (Å²) in [5, 5.41) is 11.4. The number of likely N-dealkylation sites (N-methyl/N-ethyl adjacent to an activating group) is 1. The van der Waals surface area contributed by atoms with E-state index in [4.69, 9.17) is 14.2 Å². The van der Waals surface area contributed by atoms with Crippen LogP contribution in [0.5, 0.6) is 11.5 Å². The van der Waals surface area contributed by atoms with Gasteiger partial charge in [-0.2, -0.15) is 0 Å². The summed E-state index contributed by atoms with van der Waals surface area (Å²) in [5.41, 5.74) is 0.0985. The summed E-state index contributed by atoms with van der Waals surface area (Å²) in [6.45, 7) is 3.28. The number of methoxy groups -OCH3 is 1. The van der Waals surface area contributed by atoms with Crippen molar-refractivity contribution in [2.24, 2.45) is 0 Å². The van der Waals surface area contributed by atoms with Gasteiger partial charge in [-0.15, -0.1) is 0 Å². The number of hydrogen-bond acceptors (Lipinski definition) is 7. The number of hydrogen-bond donors (Lipinski definition) is 0. The van der Waals surface area contributed by atoms with Crippen molar-refractivity contribution in [2.75, 3.05) is 27.4 Å². The molecule has 0 bridgehead atoms. The highest BCUT2D eigenvalue weighted by Crippen LogP contribution is 2.35. The third-order valence-electron chi connectivity index (χ3n) is 4.58. The lowest BCUT2D eigenvalue weighted by Crippen LogP contribution is -2.33. The molecule has 1 atom stereocenters. The van der Waals surface area contributed by atoms with Gasteiger partial charge in [0, 0.05) is 13.1 Å². The van der Waals surface area contributed by atoms with E-state index in [2.05, 4.69) is 0 Å². The summed E-state index contributed by atoms with van der Waals surface area (Å²) < 4.78 is 15.5. The minimum atomic E-state index is -1.00. The van der Waals surface area contributed by atoms with E-state index in [9.17, 15) is 19.7 Å². The quantitative estimate of drug-likeness (QED) is 0.350. The lowest BCUT2D eigenvalue weighted by molar-refractivity contribution is -0.385. The first kappa shape index (κ1) is 22.7. The molecule has 1 amide bonds. The van der Waals surface area contributed by atoms with Gasteiger partial charge < -0.3 is 19.1 Å². The minimum absolute atomic E-state index is 0.118. The highest BCUT2D eigenvalue weighted by atomic mass is 16.6. The second-order valence-corrected chi connectivity index (χ2v) is 6.38. The number of carbonyl (C=O) groups excluding carboxylic acids is 2. The Morgan fingerprint density at radius 2 is 1.83 bits per heavy atom. The Labute approximate surface area is 174 Å². The molecule has 0 fully saturated rings. The van der Waals surface area contributed by atoms with Gasteiger partial charge in [0.05, 0.1) is 30.7 Å². The molecule has 0 aromatic heterocycles. The smallest absolute Gasteiger partial charge is 0.345 e. The average Bonchev–Trinajstić information content (AvgIpc) is 2.76. The molecule has 0 saturated heterocycles. The maximum atomic E-state index is 12.5. The van der Waals surface area contributed by atoms with Crippen molar-refractivity contribution in [3.63, 3.8) is 0 Å². The molecule has 0 radical (unpaired) electrons. The number of amides is 1. The Morgan fingerprint density at radius 3 is 2.40 bits per heavy atom. The Hall–Kier alpha value is -3.62. The van der Waals surface area contributed by atoms with Crippen molar-refractivity contribution in [2.45, 2.75) is 19.9 Å². The van der Waals surface area contributed by atoms with Crippen LogP contribution < -0.4 is 9.47 Å². The van der Waals surface area contributed by atoms with E-state index >= 15 is 0 Å². The highest BCUT2D eigenvalue weighted by Gasteiger charge is 2.27. The lowest BCUT2D eigenvalue weighted by Gasteiger charge is -2.25. The number of ether oxygens (including phenoxy) is 3. The Balaban J connectivity index is 2.16. The molecular formula is C21H24N2O7. The van der Waals surface area contributed by atoms with Crippen LogP contribution in [-0.2, 0) is 9.53 Å². The van der Waals surface area contributed by atoms with Gasteiger partial charge in [-0.05, 0) is 19.4 Å². The van der Waals surface area contributed by atoms with Crippen molar-refractivity contribution in [1.82, 2.24) is 4.90 Å². The van der Waals surface area contributed by atoms with Crippen LogP contribution in [0, 0.1) is 10.1 Å². The van der Waals surface area contributed by atoms with Crippen LogP contribution in [0.15, 0.2) is 42.5 Å². The van der Waals surface area contributed by atoms with E-state index in [0.29, 0.717) is 0 Å². The molecule has 0 heterocycles. The van der Waals surface area contributed by atoms with E-state index in [-0.39, 0.29) is 29.7 Å². The fourth-order valence-corrected chi connectivity index (χ4v) is 2.77. The molecule has 1 unspecified atom stereocenters. The summed E-state index contributed by atoms with van der Waals surface area (Å²) in [7, 11) is 2.93. The Morgan fingerprint density at radius 1 is 1.17 bits per heavy atom. The first-order chi connectivity index (χ1) is 14.3. The Bertz CT molecular complexity index is 915. The zero-order chi connectivity index (χ0) is 22.3. The van der Waals surface area contributed by atoms with Crippen LogP contribution in [0.4, 0.5) is 5.69 Å². The maximum absolute atomic E-state index is 12.5. The van der Waals surface area contributed by atoms with Crippen LogP contribution in [0.1, 0.15) is 35.8 Å². The number of nitrogens with zero attached hydrogens (tertiary/aromatic N) is 2. The van der Waals surface area contributed by atoms with E-state index in [0.717, 1.165) is 11.6 Å². The number of nitro benzene ring substituents is 1. The molecule has 0 spiro atoms. The number of nitro groups is 1. The van der Waals surface area contributed by atoms with Gasteiger partial charge in [-0.25, -0.2) is 4.79 Å². The SMILES string of the molecule is CCOc1cc(C(=O)OCC(=O)N(C)C(C)c2ccccc2)c([N+](=O)[O-])cc1OC. The van der Waals surface area contributed by atoms with Crippen molar-refractivity contribution >= 4 is 17.6 Å². The van der Waals surface area contributed by atoms with Crippen LogP contribution in [0.25, 0.3) is 0 Å². The largest absolute Gasteiger partial charge is 0.493 e. The van der Waals surface area contributed by atoms with Crippen LogP contribution in [0.3, 0.4) is 0 Å². The fourth-order valence-electron chi connectivity index (χ4n) is 2.77. The fraction of sp³-hybridized carbons (Fsp3) is 0.333. The topological polar surface area (TPSA) is 108 Å². The van der Waals surface area contributed by atoms with Gasteiger partial charge in [-0.3, -0.25) is 14.9 Å². The molecule has 0 aliphatic rings. The third kappa shape index (κ3) is 5.25. The molecule has 160 valence electrons. The van der Waals surface area contributed by atoms with Gasteiger partial charge in [0.1, 0.15) is 5.56 Å². The molecule has 9 nitrogen and oxygen atoms in total. The van der Waals surface area contributed by atoms with Crippen molar-refractivity contribution in [1.29, 1.82) is 0 Å². The first-order valence-corrected chi connectivity index (χ1v) is 9.27. The number of benzene rings is 2. The predicted octanol–water partition coefficient (Wildman–Crippen LogP) is 3.38. The number of rotatable bonds is 9. The normalized spacial score (nSPS) is 11.3. The average molecular weight is 416 g/mol. The Kier molecular flexibility index (Phi) is 7.74. The zero-order valence-corrected chi connectivity index (χ0v) is 17.3. The van der Waals surface area contributed by atoms with Crippen LogP contribution >= 0.6 is 0 Å². The van der Waals surface area contributed by atoms with Crippen LogP contribution in [-0.4, -0.2) is 49.1 Å². The molecule has 0 saturated carbocycles. The highest BCUT2D eigenvalue weighted by molar-refractivity contribution is 5.96. The molecule has 2 aromatic carbocycles. The first-order valence-electron chi connectivity index (χ1n) is 9.27. The van der Waals surface area contributed by atoms with Crippen molar-refractivity contribution < 1.29 is 28.7 Å². The summed E-state index contributed by atoms with van der Waals surface area (Å²) >= 11 is 0. The predicted molar refractivity (Wildman–Crippen MR) is 109 cm³/mol. The molecule has 2 aromatic rings. The van der Waals surface area contributed by atoms with E-state index in [1.54, 1.807) is 14.0 Å². The summed E-state index contributed by atoms with van der Waals surface area (Å²) in [6, 6.07) is 11.4. The molecule has 0 N–H and O–H groups in total. The lowest BCUT2D eigenvalue weighted by atomic mass is 10.1. The van der Waals surface area contributed by atoms with Gasteiger partial charge in [0.25, 0.3) is 11.6 Å². The maximum Gasteiger partial charge on any atom is 0.345 e. The van der Waals surface area contributed by atoms with Gasteiger partial charge >= 0.3 is 5.97 Å². The summed E-state index contributed by atoms with van der Waals surface area (Å²) in [4.78, 5) is 37.1. The number of carbonyl (C=O) groups is 2. The summed E-state index contributed by atoms with van der Waals surface area (Å²) in [5.74, 6) is -1.16. The van der Waals surface area contributed by atoms with Gasteiger partial charge in [0.2, 0.25) is 0 Å². The molecule has 0 aliphatic carbocycles. The third-order valence-corrected chi connectivity index (χ3v) is 4.58. The minimum Gasteiger partial charge on any atom is -0.493 e. The van der Waals surface area contributed by atoms with Crippen molar-refractivity contribution in [3.05, 3.63) is 63.7 Å². The molecule has 2 rings (SSSR count). The zero-order valence-electron chi connectivity index (χ0n) is 17.3. The number of esters is 1. The van der Waals surface area contributed by atoms with Crippen molar-refractivity contribution in [3.8, 4) is 11.5 Å². The van der Waals surface area contributed by atoms with E-state index in [1.807, 2.05) is 37.3 Å². The molecule has 9 heteroatoms. The second kappa shape index (κ2) is 10.2. The standard InChI is InChI=1S/C21H24N2O7/c1-5-29-19-11-16(17(23(26)27)12-18(19)28-4)21(25)30-13-20(24)22(3)14(2)15-9-7-6-8-10-15/h6-12,14H,5,13H2,1-4H3. The second-order valence-electron chi connectivity index (χ2n) is 6.38. The summed E-state index contributed by atoms with van der Waals surface area (Å²) in [6.07, 6.45) is 0. The van der Waals surface area contributed by atoms with Gasteiger partial charge in [0.15, 0.2) is 18.1 Å². The van der Waals surface area contributed by atoms with E-state index < -0.39 is 29.1 Å². The molecule has 0 aliphatic heterocycles. The van der Waals surface area contributed by atoms with Crippen LogP contribution in [0.2, 0.25) is 0 Å². The van der Waals surface area contributed by atoms with E-state index in [1.165, 1.54) is 18.1 Å². The van der Waals surface area contributed by atoms with Gasteiger partial charge in [-0.1, -0.05) is 30.3 Å². The molecular weight excluding hydrogens is 392 g/mol. The molecule has 30 heavy (non-hydrogen) atoms. The monoisotopic (exact) mass is 416 g/mol.